The molecule has 0 fully saturated rings. The van der Waals surface area contributed by atoms with E-state index >= 15 is 0 Å². The van der Waals surface area contributed by atoms with Gasteiger partial charge in [0.05, 0.1) is 0 Å². The highest BCUT2D eigenvalue weighted by molar-refractivity contribution is 6.03. The van der Waals surface area contributed by atoms with Gasteiger partial charge in [0.2, 0.25) is 5.96 Å². The van der Waals surface area contributed by atoms with E-state index in [4.69, 9.17) is 5.84 Å². The highest BCUT2D eigenvalue weighted by atomic mass is 15.3. The molecule has 17 heavy (non-hydrogen) atoms. The molecule has 0 spiro atoms. The predicted molar refractivity (Wildman–Crippen MR) is 71.8 cm³/mol. The molecule has 0 aliphatic heterocycles. The zero-order valence-corrected chi connectivity index (χ0v) is 9.30. The number of benzene rings is 2. The van der Waals surface area contributed by atoms with Crippen LogP contribution in [0.25, 0.3) is 0 Å². The highest BCUT2D eigenvalue weighted by Crippen LogP contribution is 2.08. The number of anilines is 2. The molecule has 4 N–H and O–H groups in total. The van der Waals surface area contributed by atoms with Crippen LogP contribution in [0.2, 0.25) is 0 Å². The smallest absolute Gasteiger partial charge is 0.222 e. The highest BCUT2D eigenvalue weighted by Gasteiger charge is 1.99. The Labute approximate surface area is 100 Å². The molecular formula is C13H14N4. The second-order valence-corrected chi connectivity index (χ2v) is 3.46. The van der Waals surface area contributed by atoms with Crippen LogP contribution in [0.4, 0.5) is 11.4 Å². The molecule has 0 saturated carbocycles. The number of hydrogen-bond donors (Lipinski definition) is 3. The number of nitrogens with zero attached hydrogens (tertiary/aromatic N) is 1. The van der Waals surface area contributed by atoms with Crippen molar-refractivity contribution in [2.45, 2.75) is 0 Å². The second kappa shape index (κ2) is 5.55. The number of nitrogens with two attached hydrogens (primary N) is 1. The van der Waals surface area contributed by atoms with E-state index in [0.29, 0.717) is 5.96 Å². The first-order valence-electron chi connectivity index (χ1n) is 5.30. The van der Waals surface area contributed by atoms with E-state index in [2.05, 4.69) is 15.7 Å². The molecule has 0 amide bonds. The summed E-state index contributed by atoms with van der Waals surface area (Å²) < 4.78 is 0. The Kier molecular flexibility index (Phi) is 3.60. The van der Waals surface area contributed by atoms with Crippen molar-refractivity contribution < 1.29 is 0 Å². The van der Waals surface area contributed by atoms with Gasteiger partial charge in [-0.3, -0.25) is 0 Å². The minimum absolute atomic E-state index is 0.502. The molecule has 0 aliphatic rings. The summed E-state index contributed by atoms with van der Waals surface area (Å²) >= 11 is 0. The molecule has 4 heteroatoms. The van der Waals surface area contributed by atoms with Crippen LogP contribution in [0.3, 0.4) is 0 Å². The van der Waals surface area contributed by atoms with Gasteiger partial charge in [-0.25, -0.2) is 0 Å². The summed E-state index contributed by atoms with van der Waals surface area (Å²) in [5.74, 6) is 5.83. The lowest BCUT2D eigenvalue weighted by Crippen LogP contribution is -2.23. The Morgan fingerprint density at radius 1 is 0.765 bits per heavy atom. The molecule has 0 bridgehead atoms. The van der Waals surface area contributed by atoms with Crippen LogP contribution in [-0.4, -0.2) is 5.96 Å². The zero-order chi connectivity index (χ0) is 11.9. The van der Waals surface area contributed by atoms with Crippen LogP contribution in [0.15, 0.2) is 65.8 Å². The van der Waals surface area contributed by atoms with Gasteiger partial charge in [-0.15, -0.1) is 5.10 Å². The molecule has 2 rings (SSSR count). The van der Waals surface area contributed by atoms with Crippen LogP contribution in [0.1, 0.15) is 0 Å². The van der Waals surface area contributed by atoms with Crippen molar-refractivity contribution in [2.75, 3.05) is 10.6 Å². The summed E-state index contributed by atoms with van der Waals surface area (Å²) in [6, 6.07) is 19.4. The van der Waals surface area contributed by atoms with Crippen LogP contribution in [0, 0.1) is 0 Å². The van der Waals surface area contributed by atoms with Gasteiger partial charge in [-0.05, 0) is 24.3 Å². The Balaban J connectivity index is 2.04. The van der Waals surface area contributed by atoms with Crippen molar-refractivity contribution in [1.82, 2.24) is 0 Å². The number of para-hydroxylation sites is 2. The molecule has 0 radical (unpaired) electrons. The summed E-state index contributed by atoms with van der Waals surface area (Å²) in [4.78, 5) is 0. The van der Waals surface area contributed by atoms with E-state index in [0.717, 1.165) is 11.4 Å². The normalized spacial score (nSPS) is 9.41. The lowest BCUT2D eigenvalue weighted by Gasteiger charge is -2.10. The van der Waals surface area contributed by atoms with Gasteiger partial charge >= 0.3 is 0 Å². The minimum Gasteiger partial charge on any atom is -0.325 e. The maximum atomic E-state index is 5.33. The fraction of sp³-hybridized carbons (Fsp3) is 0. The number of hydrazone groups is 1. The van der Waals surface area contributed by atoms with Gasteiger partial charge < -0.3 is 16.5 Å². The van der Waals surface area contributed by atoms with Crippen LogP contribution in [0.5, 0.6) is 0 Å². The summed E-state index contributed by atoms with van der Waals surface area (Å²) in [5.41, 5.74) is 1.86. The maximum absolute atomic E-state index is 5.33. The Bertz CT molecular complexity index is 436. The maximum Gasteiger partial charge on any atom is 0.222 e. The van der Waals surface area contributed by atoms with Crippen molar-refractivity contribution in [3.8, 4) is 0 Å². The third-order valence-electron chi connectivity index (χ3n) is 2.20. The van der Waals surface area contributed by atoms with Crippen LogP contribution >= 0.6 is 0 Å². The second-order valence-electron chi connectivity index (χ2n) is 3.46. The van der Waals surface area contributed by atoms with Crippen molar-refractivity contribution in [2.24, 2.45) is 10.9 Å². The Hall–Kier alpha value is -2.49. The Morgan fingerprint density at radius 2 is 1.18 bits per heavy atom. The van der Waals surface area contributed by atoms with E-state index in [9.17, 15) is 0 Å². The summed E-state index contributed by atoms with van der Waals surface area (Å²) in [7, 11) is 0. The molecule has 2 aromatic carbocycles. The lowest BCUT2D eigenvalue weighted by molar-refractivity contribution is 1.23. The molecule has 4 nitrogen and oxygen atoms in total. The average Bonchev–Trinajstić information content (AvgIpc) is 2.40. The van der Waals surface area contributed by atoms with Crippen molar-refractivity contribution in [3.63, 3.8) is 0 Å². The standard InChI is InChI=1S/C13H14N4/c14-17-13(15-11-7-3-1-4-8-11)16-12-9-5-2-6-10-12/h1-10H,14H2,(H2,15,16,17). The van der Waals surface area contributed by atoms with E-state index in [1.807, 2.05) is 60.7 Å². The third kappa shape index (κ3) is 3.24. The van der Waals surface area contributed by atoms with Gasteiger partial charge in [-0.2, -0.15) is 0 Å². The molecule has 0 unspecified atom stereocenters. The molecular weight excluding hydrogens is 212 g/mol. The Morgan fingerprint density at radius 3 is 1.53 bits per heavy atom. The number of rotatable bonds is 2. The SMILES string of the molecule is NN=C(Nc1ccccc1)Nc1ccccc1. The van der Waals surface area contributed by atoms with Gasteiger partial charge in [0.15, 0.2) is 0 Å². The fourth-order valence-electron chi connectivity index (χ4n) is 1.41. The van der Waals surface area contributed by atoms with Gasteiger partial charge in [0.25, 0.3) is 0 Å². The summed E-state index contributed by atoms with van der Waals surface area (Å²) in [5, 5.41) is 9.86. The molecule has 0 saturated heterocycles. The third-order valence-corrected chi connectivity index (χ3v) is 2.20. The average molecular weight is 226 g/mol. The molecule has 86 valence electrons. The topological polar surface area (TPSA) is 62.4 Å². The number of nitrogens with one attached hydrogen (secondary N) is 2. The van der Waals surface area contributed by atoms with E-state index in [-0.39, 0.29) is 0 Å². The van der Waals surface area contributed by atoms with Crippen molar-refractivity contribution >= 4 is 17.3 Å². The first-order chi connectivity index (χ1) is 8.38. The first kappa shape index (κ1) is 11.0. The molecule has 0 atom stereocenters. The fourth-order valence-corrected chi connectivity index (χ4v) is 1.41. The monoisotopic (exact) mass is 226 g/mol. The zero-order valence-electron chi connectivity index (χ0n) is 9.30. The van der Waals surface area contributed by atoms with Gasteiger partial charge in [0.1, 0.15) is 0 Å². The summed E-state index contributed by atoms with van der Waals surface area (Å²) in [6.07, 6.45) is 0. The predicted octanol–water partition coefficient (Wildman–Crippen LogP) is 2.44. The minimum atomic E-state index is 0.502. The molecule has 0 heterocycles. The van der Waals surface area contributed by atoms with Crippen molar-refractivity contribution in [3.05, 3.63) is 60.7 Å². The number of guanidine groups is 1. The lowest BCUT2D eigenvalue weighted by atomic mass is 10.3. The molecule has 0 aliphatic carbocycles. The van der Waals surface area contributed by atoms with E-state index in [1.165, 1.54) is 0 Å². The molecule has 0 aromatic heterocycles. The van der Waals surface area contributed by atoms with Crippen LogP contribution < -0.4 is 16.5 Å². The largest absolute Gasteiger partial charge is 0.325 e. The van der Waals surface area contributed by atoms with E-state index in [1.54, 1.807) is 0 Å². The van der Waals surface area contributed by atoms with Crippen LogP contribution in [-0.2, 0) is 0 Å². The van der Waals surface area contributed by atoms with Gasteiger partial charge in [-0.1, -0.05) is 36.4 Å². The van der Waals surface area contributed by atoms with Gasteiger partial charge in [0, 0.05) is 11.4 Å². The van der Waals surface area contributed by atoms with Crippen molar-refractivity contribution in [1.29, 1.82) is 0 Å². The molecule has 2 aromatic rings. The summed E-state index contributed by atoms with van der Waals surface area (Å²) in [6.45, 7) is 0. The quantitative estimate of drug-likeness (QED) is 0.319. The first-order valence-corrected chi connectivity index (χ1v) is 5.30. The van der Waals surface area contributed by atoms with E-state index < -0.39 is 0 Å². The number of hydrogen-bond acceptors (Lipinski definition) is 2.